The number of nitrogens with one attached hydrogen (secondary N) is 1. The van der Waals surface area contributed by atoms with Crippen molar-refractivity contribution in [3.8, 4) is 6.07 Å². The molecule has 0 aromatic heterocycles. The van der Waals surface area contributed by atoms with Crippen molar-refractivity contribution in [1.29, 1.82) is 5.26 Å². The zero-order chi connectivity index (χ0) is 34.4. The van der Waals surface area contributed by atoms with Gasteiger partial charge in [0.2, 0.25) is 0 Å². The number of alkyl halides is 7. The molecule has 0 saturated heterocycles. The fourth-order valence-electron chi connectivity index (χ4n) is 4.42. The lowest BCUT2D eigenvalue weighted by Gasteiger charge is -2.31. The summed E-state index contributed by atoms with van der Waals surface area (Å²) in [6.07, 6.45) is -10.7. The third-order valence-electron chi connectivity index (χ3n) is 6.99. The van der Waals surface area contributed by atoms with E-state index in [1.165, 1.54) is 6.07 Å². The van der Waals surface area contributed by atoms with Crippen LogP contribution in [-0.2, 0) is 16.5 Å². The third-order valence-corrected chi connectivity index (χ3v) is 8.56. The lowest BCUT2D eigenvalue weighted by Crippen LogP contribution is -2.50. The smallest absolute Gasteiger partial charge is 0.320 e. The van der Waals surface area contributed by atoms with Crippen LogP contribution >= 0.6 is 15.9 Å². The number of benzene rings is 3. The zero-order valence-electron chi connectivity index (χ0n) is 23.1. The van der Waals surface area contributed by atoms with Gasteiger partial charge in [-0.15, -0.1) is 0 Å². The summed E-state index contributed by atoms with van der Waals surface area (Å²) in [6, 6.07) is 7.61. The zero-order valence-corrected chi connectivity index (χ0v) is 25.5. The number of anilines is 2. The maximum atomic E-state index is 15.1. The number of nitriles is 1. The second-order valence-electron chi connectivity index (χ2n) is 10.2. The molecular weight excluding hydrogens is 721 g/mol. The first-order valence-corrected chi connectivity index (χ1v) is 15.3. The Bertz CT molecular complexity index is 1770. The van der Waals surface area contributed by atoms with Crippen LogP contribution in [0.15, 0.2) is 57.9 Å². The topological polar surface area (TPSA) is 90.3 Å². The molecule has 46 heavy (non-hydrogen) atoms. The van der Waals surface area contributed by atoms with E-state index in [0.29, 0.717) is 12.8 Å². The Kier molecular flexibility index (Phi) is 9.66. The molecule has 4 rings (SSSR count). The minimum absolute atomic E-state index is 0.0652. The number of carbonyl (C=O) groups excluding carboxylic acids is 2. The number of amides is 2. The second kappa shape index (κ2) is 12.7. The molecule has 0 heterocycles. The van der Waals surface area contributed by atoms with Crippen LogP contribution in [0.2, 0.25) is 0 Å². The van der Waals surface area contributed by atoms with Crippen molar-refractivity contribution in [3.05, 3.63) is 86.9 Å². The molecule has 244 valence electrons. The van der Waals surface area contributed by atoms with Gasteiger partial charge in [-0.2, -0.15) is 31.6 Å². The molecule has 3 aromatic rings. The number of halogens is 10. The second-order valence-corrected chi connectivity index (χ2v) is 12.4. The van der Waals surface area contributed by atoms with Gasteiger partial charge in [-0.1, -0.05) is 0 Å². The highest BCUT2D eigenvalue weighted by molar-refractivity contribution is 9.10. The fourth-order valence-corrected chi connectivity index (χ4v) is 5.85. The summed E-state index contributed by atoms with van der Waals surface area (Å²) in [5.41, 5.74) is -9.77. The summed E-state index contributed by atoms with van der Waals surface area (Å²) in [5, 5.41) is 11.2. The molecule has 1 N–H and O–H groups in total. The van der Waals surface area contributed by atoms with E-state index in [0.717, 1.165) is 41.5 Å². The normalized spacial score (nSPS) is 14.4. The van der Waals surface area contributed by atoms with Crippen LogP contribution in [0, 0.1) is 28.9 Å². The molecule has 6 nitrogen and oxygen atoms in total. The summed E-state index contributed by atoms with van der Waals surface area (Å²) in [4.78, 5) is 26.7. The Morgan fingerprint density at radius 2 is 1.61 bits per heavy atom. The SMILES string of the molecule is CS(=O)c1cc(C(F)(C(F)(F)F)C(F)(F)F)cc(Br)c1NC(=O)c1ccc(F)c(N(CC2CC2)C(=O)c2ccc(C#N)cc2F)c1. The summed E-state index contributed by atoms with van der Waals surface area (Å²) in [5.74, 6) is -4.26. The average Bonchev–Trinajstić information content (AvgIpc) is 3.79. The Morgan fingerprint density at radius 1 is 0.978 bits per heavy atom. The van der Waals surface area contributed by atoms with Crippen LogP contribution in [0.3, 0.4) is 0 Å². The van der Waals surface area contributed by atoms with Gasteiger partial charge in [0.15, 0.2) is 0 Å². The Labute approximate surface area is 265 Å². The summed E-state index contributed by atoms with van der Waals surface area (Å²) in [6.45, 7) is -0.0738. The van der Waals surface area contributed by atoms with Crippen molar-refractivity contribution in [2.45, 2.75) is 35.8 Å². The molecule has 1 aliphatic rings. The highest BCUT2D eigenvalue weighted by Gasteiger charge is 2.73. The molecule has 1 atom stereocenters. The van der Waals surface area contributed by atoms with E-state index >= 15 is 4.39 Å². The van der Waals surface area contributed by atoms with Gasteiger partial charge < -0.3 is 10.2 Å². The Morgan fingerprint density at radius 3 is 2.13 bits per heavy atom. The maximum Gasteiger partial charge on any atom is 0.435 e. The standard InChI is InChI=1S/C29H19BrF9N3O3S/c1-46(45)23-11-17(27(33,28(34,35)36)29(37,38)39)10-19(30)24(23)41-25(43)16-5-7-20(31)22(9-16)42(13-14-2-3-14)26(44)18-6-4-15(12-40)8-21(18)32/h4-11,14H,2-3,13H2,1H3,(H,41,43). The molecule has 1 unspecified atom stereocenters. The van der Waals surface area contributed by atoms with E-state index in [2.05, 4.69) is 21.2 Å². The number of rotatable bonds is 8. The van der Waals surface area contributed by atoms with E-state index in [1.807, 2.05) is 0 Å². The molecule has 0 aliphatic heterocycles. The minimum Gasteiger partial charge on any atom is -0.320 e. The van der Waals surface area contributed by atoms with Crippen molar-refractivity contribution < 1.29 is 53.3 Å². The van der Waals surface area contributed by atoms with Crippen molar-refractivity contribution in [2.24, 2.45) is 5.92 Å². The van der Waals surface area contributed by atoms with Crippen molar-refractivity contribution in [1.82, 2.24) is 0 Å². The molecule has 2 amide bonds. The molecule has 0 spiro atoms. The van der Waals surface area contributed by atoms with E-state index in [-0.39, 0.29) is 35.7 Å². The van der Waals surface area contributed by atoms with Crippen molar-refractivity contribution >= 4 is 49.9 Å². The lowest BCUT2D eigenvalue weighted by atomic mass is 9.94. The number of carbonyl (C=O) groups is 2. The first-order chi connectivity index (χ1) is 21.3. The van der Waals surface area contributed by atoms with E-state index in [1.54, 1.807) is 6.07 Å². The largest absolute Gasteiger partial charge is 0.435 e. The van der Waals surface area contributed by atoms with Gasteiger partial charge in [-0.3, -0.25) is 13.8 Å². The summed E-state index contributed by atoms with van der Waals surface area (Å²) < 4.78 is 137. The molecule has 1 saturated carbocycles. The van der Waals surface area contributed by atoms with Gasteiger partial charge in [-0.05, 0) is 83.2 Å². The molecular formula is C29H19BrF9N3O3S. The predicted molar refractivity (Wildman–Crippen MR) is 151 cm³/mol. The lowest BCUT2D eigenvalue weighted by molar-refractivity contribution is -0.348. The van der Waals surface area contributed by atoms with Gasteiger partial charge in [0.05, 0.1) is 44.3 Å². The van der Waals surface area contributed by atoms with Crippen LogP contribution in [0.1, 0.15) is 44.7 Å². The molecule has 1 aliphatic carbocycles. The van der Waals surface area contributed by atoms with Crippen LogP contribution in [0.5, 0.6) is 0 Å². The van der Waals surface area contributed by atoms with E-state index < -0.39 is 84.1 Å². The molecule has 1 fully saturated rings. The summed E-state index contributed by atoms with van der Waals surface area (Å²) in [7, 11) is -2.38. The number of hydrogen-bond donors (Lipinski definition) is 1. The molecule has 3 aromatic carbocycles. The van der Waals surface area contributed by atoms with Crippen LogP contribution in [-0.4, -0.2) is 41.2 Å². The van der Waals surface area contributed by atoms with E-state index in [9.17, 15) is 48.9 Å². The molecule has 0 bridgehead atoms. The minimum atomic E-state index is -6.46. The quantitative estimate of drug-likeness (QED) is 0.238. The van der Waals surface area contributed by atoms with Gasteiger partial charge in [0.25, 0.3) is 11.8 Å². The number of hydrogen-bond acceptors (Lipinski definition) is 4. The predicted octanol–water partition coefficient (Wildman–Crippen LogP) is 7.93. The van der Waals surface area contributed by atoms with Crippen molar-refractivity contribution in [3.63, 3.8) is 0 Å². The van der Waals surface area contributed by atoms with Crippen LogP contribution in [0.25, 0.3) is 0 Å². The number of nitrogens with zero attached hydrogens (tertiary/aromatic N) is 2. The first-order valence-electron chi connectivity index (χ1n) is 12.9. The molecule has 0 radical (unpaired) electrons. The monoisotopic (exact) mass is 739 g/mol. The van der Waals surface area contributed by atoms with Crippen LogP contribution < -0.4 is 10.2 Å². The van der Waals surface area contributed by atoms with Gasteiger partial charge in [0.1, 0.15) is 11.6 Å². The Balaban J connectivity index is 1.74. The van der Waals surface area contributed by atoms with Gasteiger partial charge >= 0.3 is 18.0 Å². The third kappa shape index (κ3) is 6.77. The highest BCUT2D eigenvalue weighted by Crippen LogP contribution is 2.54. The summed E-state index contributed by atoms with van der Waals surface area (Å²) >= 11 is 2.72. The van der Waals surface area contributed by atoms with Gasteiger partial charge in [-0.25, -0.2) is 13.2 Å². The first kappa shape index (κ1) is 35.0. The van der Waals surface area contributed by atoms with Crippen molar-refractivity contribution in [2.75, 3.05) is 23.0 Å². The fraction of sp³-hybridized carbons (Fsp3) is 0.276. The average molecular weight is 740 g/mol. The highest BCUT2D eigenvalue weighted by atomic mass is 79.9. The maximum absolute atomic E-state index is 15.1. The van der Waals surface area contributed by atoms with Gasteiger partial charge in [0, 0.05) is 28.4 Å². The van der Waals surface area contributed by atoms with Crippen LogP contribution in [0.4, 0.5) is 50.9 Å². The molecule has 17 heteroatoms. The van der Waals surface area contributed by atoms with E-state index in [4.69, 9.17) is 5.26 Å². The Hall–Kier alpha value is -3.91.